The smallest absolute Gasteiger partial charge is 0.304 e. The van der Waals surface area contributed by atoms with Crippen LogP contribution in [0.15, 0.2) is 0 Å². The maximum absolute atomic E-state index is 11.6. The van der Waals surface area contributed by atoms with Crippen molar-refractivity contribution in [2.75, 3.05) is 24.6 Å². The fraction of sp³-hybridized carbons (Fsp3) is 0.818. The number of aliphatic carboxylic acids is 1. The topological polar surface area (TPSA) is 118 Å². The molecule has 1 atom stereocenters. The molecule has 1 amide bonds. The number of amides is 1. The van der Waals surface area contributed by atoms with E-state index in [0.29, 0.717) is 6.54 Å². The predicted molar refractivity (Wildman–Crippen MR) is 71.4 cm³/mol. The number of rotatable bonds is 10. The third-order valence-corrected chi connectivity index (χ3v) is 4.48. The second kappa shape index (κ2) is 8.11. The molecule has 0 bridgehead atoms. The van der Waals surface area contributed by atoms with E-state index >= 15 is 0 Å². The highest BCUT2D eigenvalue weighted by Crippen LogP contribution is 2.05. The summed E-state index contributed by atoms with van der Waals surface area (Å²) in [6.07, 6.45) is -0.214. The van der Waals surface area contributed by atoms with Crippen molar-refractivity contribution in [3.05, 3.63) is 0 Å². The van der Waals surface area contributed by atoms with Crippen LogP contribution >= 0.6 is 0 Å². The van der Waals surface area contributed by atoms with Crippen LogP contribution in [-0.4, -0.2) is 60.9 Å². The van der Waals surface area contributed by atoms with E-state index in [2.05, 4.69) is 0 Å². The van der Waals surface area contributed by atoms with Crippen molar-refractivity contribution >= 4 is 21.7 Å². The van der Waals surface area contributed by atoms with Crippen molar-refractivity contribution in [3.8, 4) is 0 Å². The average molecular weight is 294 g/mol. The van der Waals surface area contributed by atoms with Crippen LogP contribution in [0.3, 0.4) is 0 Å². The molecular formula is C11H22N2O5S. The molecule has 3 N–H and O–H groups in total. The first-order chi connectivity index (χ1) is 8.68. The normalized spacial score (nSPS) is 13.4. The summed E-state index contributed by atoms with van der Waals surface area (Å²) < 4.78 is 23.3. The molecule has 0 saturated heterocycles. The summed E-state index contributed by atoms with van der Waals surface area (Å²) in [5.41, 5.74) is 4.91. The van der Waals surface area contributed by atoms with Gasteiger partial charge < -0.3 is 10.8 Å². The number of nitrogens with two attached hydrogens (primary N) is 1. The van der Waals surface area contributed by atoms with Crippen LogP contribution in [0.25, 0.3) is 0 Å². The summed E-state index contributed by atoms with van der Waals surface area (Å²) >= 11 is 0. The summed E-state index contributed by atoms with van der Waals surface area (Å²) in [7, 11) is -3.33. The van der Waals surface area contributed by atoms with E-state index < -0.39 is 21.7 Å². The number of carbonyl (C=O) groups is 2. The lowest BCUT2D eigenvalue weighted by Gasteiger charge is -2.26. The highest BCUT2D eigenvalue weighted by molar-refractivity contribution is 7.91. The molecule has 0 aromatic carbocycles. The molecule has 8 heteroatoms. The van der Waals surface area contributed by atoms with Crippen LogP contribution in [0.4, 0.5) is 0 Å². The van der Waals surface area contributed by atoms with Gasteiger partial charge in [-0.3, -0.25) is 14.5 Å². The van der Waals surface area contributed by atoms with Crippen molar-refractivity contribution < 1.29 is 23.1 Å². The van der Waals surface area contributed by atoms with Crippen molar-refractivity contribution in [3.63, 3.8) is 0 Å². The summed E-state index contributed by atoms with van der Waals surface area (Å²) in [5, 5.41) is 8.71. The third kappa shape index (κ3) is 8.55. The second-order valence-corrected chi connectivity index (χ2v) is 6.75. The molecule has 0 aromatic heterocycles. The fourth-order valence-corrected chi connectivity index (χ4v) is 2.92. The van der Waals surface area contributed by atoms with Crippen LogP contribution in [0.2, 0.25) is 0 Å². The minimum absolute atomic E-state index is 0.0326. The minimum atomic E-state index is -3.33. The van der Waals surface area contributed by atoms with Crippen molar-refractivity contribution in [1.29, 1.82) is 0 Å². The van der Waals surface area contributed by atoms with Gasteiger partial charge in [-0.1, -0.05) is 6.92 Å². The molecule has 112 valence electrons. The molecule has 0 spiro atoms. The molecule has 0 saturated carbocycles. The Morgan fingerprint density at radius 3 is 2.32 bits per heavy atom. The van der Waals surface area contributed by atoms with Gasteiger partial charge >= 0.3 is 5.97 Å². The van der Waals surface area contributed by atoms with E-state index in [9.17, 15) is 18.0 Å². The quantitative estimate of drug-likeness (QED) is 0.559. The van der Waals surface area contributed by atoms with Gasteiger partial charge in [0.15, 0.2) is 9.84 Å². The predicted octanol–water partition coefficient (Wildman–Crippen LogP) is -0.538. The molecule has 0 aromatic rings. The number of hydrogen-bond acceptors (Lipinski definition) is 5. The monoisotopic (exact) mass is 294 g/mol. The van der Waals surface area contributed by atoms with Gasteiger partial charge in [-0.05, 0) is 13.5 Å². The summed E-state index contributed by atoms with van der Waals surface area (Å²) in [6.45, 7) is 4.41. The lowest BCUT2D eigenvalue weighted by molar-refractivity contribution is -0.138. The van der Waals surface area contributed by atoms with Gasteiger partial charge in [0.05, 0.1) is 17.9 Å². The Bertz CT molecular complexity index is 407. The van der Waals surface area contributed by atoms with Gasteiger partial charge in [-0.2, -0.15) is 0 Å². The lowest BCUT2D eigenvalue weighted by atomic mass is 10.2. The van der Waals surface area contributed by atoms with E-state index in [1.165, 1.54) is 0 Å². The molecule has 0 radical (unpaired) electrons. The van der Waals surface area contributed by atoms with Crippen LogP contribution in [0.5, 0.6) is 0 Å². The third-order valence-electron chi connectivity index (χ3n) is 2.85. The maximum Gasteiger partial charge on any atom is 0.304 e. The molecule has 7 nitrogen and oxygen atoms in total. The fourth-order valence-electron chi connectivity index (χ4n) is 1.69. The molecule has 0 aliphatic rings. The largest absolute Gasteiger partial charge is 0.481 e. The van der Waals surface area contributed by atoms with Gasteiger partial charge in [-0.25, -0.2) is 8.42 Å². The first kappa shape index (κ1) is 17.8. The molecule has 0 aliphatic heterocycles. The van der Waals surface area contributed by atoms with E-state index in [0.717, 1.165) is 0 Å². The van der Waals surface area contributed by atoms with Gasteiger partial charge in [-0.15, -0.1) is 0 Å². The van der Waals surface area contributed by atoms with Crippen molar-refractivity contribution in [2.45, 2.75) is 32.7 Å². The minimum Gasteiger partial charge on any atom is -0.481 e. The lowest BCUT2D eigenvalue weighted by Crippen LogP contribution is -2.38. The van der Waals surface area contributed by atoms with Gasteiger partial charge in [0.25, 0.3) is 0 Å². The number of primary amides is 1. The summed E-state index contributed by atoms with van der Waals surface area (Å²) in [4.78, 5) is 23.0. The number of carboxylic acids is 1. The Morgan fingerprint density at radius 2 is 1.89 bits per heavy atom. The standard InChI is InChI=1S/C11H22N2O5S/c1-3-13(9(2)8-11(15)16)5-7-19(17,18)6-4-10(12)14/h9H,3-8H2,1-2H3,(H2,12,14)(H,15,16). The number of sulfone groups is 1. The average Bonchev–Trinajstić information content (AvgIpc) is 2.26. The zero-order valence-electron chi connectivity index (χ0n) is 11.3. The van der Waals surface area contributed by atoms with Gasteiger partial charge in [0, 0.05) is 19.0 Å². The number of nitrogens with zero attached hydrogens (tertiary/aromatic N) is 1. The second-order valence-electron chi connectivity index (χ2n) is 4.44. The van der Waals surface area contributed by atoms with E-state index in [-0.39, 0.29) is 36.9 Å². The molecule has 1 unspecified atom stereocenters. The van der Waals surface area contributed by atoms with Crippen LogP contribution in [0, 0.1) is 0 Å². The molecule has 0 aliphatic carbocycles. The number of carbonyl (C=O) groups excluding carboxylic acids is 1. The van der Waals surface area contributed by atoms with E-state index in [1.54, 1.807) is 11.8 Å². The van der Waals surface area contributed by atoms with E-state index in [4.69, 9.17) is 10.8 Å². The Labute approximate surface area is 113 Å². The van der Waals surface area contributed by atoms with Crippen LogP contribution in [-0.2, 0) is 19.4 Å². The van der Waals surface area contributed by atoms with Crippen LogP contribution < -0.4 is 5.73 Å². The first-order valence-corrected chi connectivity index (χ1v) is 7.94. The van der Waals surface area contributed by atoms with Gasteiger partial charge in [0.2, 0.25) is 5.91 Å². The molecule has 0 heterocycles. The zero-order chi connectivity index (χ0) is 15.1. The molecule has 0 rings (SSSR count). The number of carboxylic acid groups (broad SMARTS) is 1. The summed E-state index contributed by atoms with van der Waals surface area (Å²) in [5.74, 6) is -1.91. The van der Waals surface area contributed by atoms with Crippen LogP contribution in [0.1, 0.15) is 26.7 Å². The molecule has 0 fully saturated rings. The Balaban J connectivity index is 4.33. The Morgan fingerprint density at radius 1 is 1.32 bits per heavy atom. The van der Waals surface area contributed by atoms with Gasteiger partial charge in [0.1, 0.15) is 0 Å². The zero-order valence-corrected chi connectivity index (χ0v) is 12.1. The number of hydrogen-bond donors (Lipinski definition) is 2. The summed E-state index contributed by atoms with van der Waals surface area (Å²) in [6, 6.07) is -0.228. The van der Waals surface area contributed by atoms with Crippen molar-refractivity contribution in [1.82, 2.24) is 4.90 Å². The molecular weight excluding hydrogens is 272 g/mol. The van der Waals surface area contributed by atoms with Crippen molar-refractivity contribution in [2.24, 2.45) is 5.73 Å². The highest BCUT2D eigenvalue weighted by Gasteiger charge is 2.19. The molecule has 19 heavy (non-hydrogen) atoms. The SMILES string of the molecule is CCN(CCS(=O)(=O)CCC(N)=O)C(C)CC(=O)O. The highest BCUT2D eigenvalue weighted by atomic mass is 32.2. The first-order valence-electron chi connectivity index (χ1n) is 6.12. The van der Waals surface area contributed by atoms with E-state index in [1.807, 2.05) is 6.92 Å². The Hall–Kier alpha value is -1.15. The Kier molecular flexibility index (Phi) is 7.62. The maximum atomic E-state index is 11.6.